The van der Waals surface area contributed by atoms with E-state index in [1.54, 1.807) is 24.5 Å². The van der Waals surface area contributed by atoms with E-state index in [0.717, 1.165) is 16.7 Å². The molecule has 3 rings (SSSR count). The van der Waals surface area contributed by atoms with Gasteiger partial charge in [-0.1, -0.05) is 24.3 Å². The molecule has 1 aromatic carbocycles. The van der Waals surface area contributed by atoms with Gasteiger partial charge < -0.3 is 15.8 Å². The van der Waals surface area contributed by atoms with E-state index in [9.17, 15) is 9.59 Å². The molecule has 1 fully saturated rings. The molecule has 3 N–H and O–H groups in total. The molecule has 0 bridgehead atoms. The third-order valence-corrected chi connectivity index (χ3v) is 4.11. The minimum Gasteiger partial charge on any atom is -0.447 e. The van der Waals surface area contributed by atoms with Crippen LogP contribution < -0.4 is 11.1 Å². The van der Waals surface area contributed by atoms with Crippen LogP contribution in [0.4, 0.5) is 4.79 Å². The monoisotopic (exact) mass is 340 g/mol. The Morgan fingerprint density at radius 1 is 1.16 bits per heavy atom. The highest BCUT2D eigenvalue weighted by Gasteiger charge is 2.37. The van der Waals surface area contributed by atoms with E-state index in [4.69, 9.17) is 10.5 Å². The SMILES string of the molecule is NCc1ccc(CNC(=O)[C@@H]2COC(=O)N2Cc2ccncc2)cc1. The van der Waals surface area contributed by atoms with Crippen LogP contribution in [-0.4, -0.2) is 34.5 Å². The van der Waals surface area contributed by atoms with Crippen molar-refractivity contribution in [2.75, 3.05) is 6.61 Å². The smallest absolute Gasteiger partial charge is 0.410 e. The molecule has 0 radical (unpaired) electrons. The molecular weight excluding hydrogens is 320 g/mol. The van der Waals surface area contributed by atoms with Crippen LogP contribution in [-0.2, 0) is 29.2 Å². The summed E-state index contributed by atoms with van der Waals surface area (Å²) in [5.74, 6) is -0.234. The van der Waals surface area contributed by atoms with E-state index in [1.807, 2.05) is 24.3 Å². The molecular formula is C18H20N4O3. The number of hydrogen-bond donors (Lipinski definition) is 2. The first-order chi connectivity index (χ1) is 12.2. The minimum atomic E-state index is -0.635. The predicted molar refractivity (Wildman–Crippen MR) is 91.1 cm³/mol. The number of cyclic esters (lactones) is 1. The summed E-state index contributed by atoms with van der Waals surface area (Å²) in [7, 11) is 0. The van der Waals surface area contributed by atoms with Gasteiger partial charge in [0.15, 0.2) is 0 Å². The Morgan fingerprint density at radius 2 is 1.84 bits per heavy atom. The van der Waals surface area contributed by atoms with Gasteiger partial charge in [-0.15, -0.1) is 0 Å². The molecule has 7 heteroatoms. The molecule has 2 aromatic rings. The van der Waals surface area contributed by atoms with Crippen molar-refractivity contribution in [1.29, 1.82) is 0 Å². The van der Waals surface area contributed by atoms with Crippen molar-refractivity contribution in [3.05, 3.63) is 65.5 Å². The van der Waals surface area contributed by atoms with Gasteiger partial charge >= 0.3 is 6.09 Å². The van der Waals surface area contributed by atoms with Crippen LogP contribution in [0.1, 0.15) is 16.7 Å². The lowest BCUT2D eigenvalue weighted by Gasteiger charge is -2.20. The summed E-state index contributed by atoms with van der Waals surface area (Å²) in [4.78, 5) is 29.8. The summed E-state index contributed by atoms with van der Waals surface area (Å²) in [6.07, 6.45) is 2.82. The van der Waals surface area contributed by atoms with Crippen molar-refractivity contribution in [1.82, 2.24) is 15.2 Å². The van der Waals surface area contributed by atoms with E-state index < -0.39 is 12.1 Å². The highest BCUT2D eigenvalue weighted by molar-refractivity contribution is 5.87. The topological polar surface area (TPSA) is 97.5 Å². The summed E-state index contributed by atoms with van der Waals surface area (Å²) < 4.78 is 5.05. The second kappa shape index (κ2) is 7.76. The maximum absolute atomic E-state index is 12.5. The first kappa shape index (κ1) is 16.9. The van der Waals surface area contributed by atoms with Crippen LogP contribution >= 0.6 is 0 Å². The molecule has 0 spiro atoms. The Hall–Kier alpha value is -2.93. The average molecular weight is 340 g/mol. The highest BCUT2D eigenvalue weighted by Crippen LogP contribution is 2.16. The molecule has 130 valence electrons. The van der Waals surface area contributed by atoms with Gasteiger partial charge in [0.05, 0.1) is 6.54 Å². The maximum atomic E-state index is 12.5. The Morgan fingerprint density at radius 3 is 2.52 bits per heavy atom. The Kier molecular flexibility index (Phi) is 5.25. The van der Waals surface area contributed by atoms with Gasteiger partial charge in [-0.25, -0.2) is 4.79 Å². The number of nitrogens with two attached hydrogens (primary N) is 1. The molecule has 1 aromatic heterocycles. The van der Waals surface area contributed by atoms with Crippen LogP contribution in [0, 0.1) is 0 Å². The van der Waals surface area contributed by atoms with Crippen LogP contribution in [0.15, 0.2) is 48.8 Å². The van der Waals surface area contributed by atoms with Crippen LogP contribution in [0.5, 0.6) is 0 Å². The third kappa shape index (κ3) is 4.13. The summed E-state index contributed by atoms with van der Waals surface area (Å²) >= 11 is 0. The summed E-state index contributed by atoms with van der Waals surface area (Å²) in [5.41, 5.74) is 8.47. The molecule has 1 saturated heterocycles. The van der Waals surface area contributed by atoms with Crippen LogP contribution in [0.2, 0.25) is 0 Å². The van der Waals surface area contributed by atoms with Crippen molar-refractivity contribution in [2.24, 2.45) is 5.73 Å². The third-order valence-electron chi connectivity index (χ3n) is 4.11. The van der Waals surface area contributed by atoms with E-state index in [2.05, 4.69) is 10.3 Å². The molecule has 7 nitrogen and oxygen atoms in total. The lowest BCUT2D eigenvalue weighted by atomic mass is 10.1. The zero-order chi connectivity index (χ0) is 17.6. The summed E-state index contributed by atoms with van der Waals surface area (Å²) in [6, 6.07) is 10.7. The number of ether oxygens (including phenoxy) is 1. The number of rotatable bonds is 6. The number of aromatic nitrogens is 1. The fourth-order valence-corrected chi connectivity index (χ4v) is 2.63. The predicted octanol–water partition coefficient (Wildman–Crippen LogP) is 1.18. The van der Waals surface area contributed by atoms with Gasteiger partial charge in [-0.05, 0) is 28.8 Å². The summed E-state index contributed by atoms with van der Waals surface area (Å²) in [6.45, 7) is 1.24. The molecule has 1 aliphatic rings. The normalized spacial score (nSPS) is 16.6. The van der Waals surface area contributed by atoms with Gasteiger partial charge in [-0.2, -0.15) is 0 Å². The fraction of sp³-hybridized carbons (Fsp3) is 0.278. The number of nitrogens with one attached hydrogen (secondary N) is 1. The summed E-state index contributed by atoms with van der Waals surface area (Å²) in [5, 5.41) is 2.86. The van der Waals surface area contributed by atoms with E-state index in [0.29, 0.717) is 19.6 Å². The number of hydrogen-bond acceptors (Lipinski definition) is 5. The number of nitrogens with zero attached hydrogens (tertiary/aromatic N) is 2. The molecule has 0 unspecified atom stereocenters. The van der Waals surface area contributed by atoms with Crippen molar-refractivity contribution >= 4 is 12.0 Å². The molecule has 2 amide bonds. The van der Waals surface area contributed by atoms with E-state index in [1.165, 1.54) is 4.90 Å². The van der Waals surface area contributed by atoms with Crippen molar-refractivity contribution < 1.29 is 14.3 Å². The number of carbonyl (C=O) groups excluding carboxylic acids is 2. The van der Waals surface area contributed by atoms with Gasteiger partial charge in [-0.3, -0.25) is 14.7 Å². The van der Waals surface area contributed by atoms with Gasteiger partial charge in [0.25, 0.3) is 0 Å². The maximum Gasteiger partial charge on any atom is 0.410 e. The number of pyridine rings is 1. The molecule has 1 aliphatic heterocycles. The molecule has 2 heterocycles. The molecule has 0 aliphatic carbocycles. The van der Waals surface area contributed by atoms with E-state index in [-0.39, 0.29) is 12.5 Å². The minimum absolute atomic E-state index is 0.0574. The van der Waals surface area contributed by atoms with Gasteiger partial charge in [0.1, 0.15) is 12.6 Å². The lowest BCUT2D eigenvalue weighted by Crippen LogP contribution is -2.45. The second-order valence-corrected chi connectivity index (χ2v) is 5.81. The molecule has 0 saturated carbocycles. The number of amides is 2. The number of carbonyl (C=O) groups is 2. The van der Waals surface area contributed by atoms with Gasteiger partial charge in [0.2, 0.25) is 5.91 Å². The van der Waals surface area contributed by atoms with Crippen molar-refractivity contribution in [3.63, 3.8) is 0 Å². The first-order valence-corrected chi connectivity index (χ1v) is 8.05. The van der Waals surface area contributed by atoms with Crippen LogP contribution in [0.3, 0.4) is 0 Å². The quantitative estimate of drug-likeness (QED) is 0.823. The molecule has 1 atom stereocenters. The van der Waals surface area contributed by atoms with Crippen molar-refractivity contribution in [2.45, 2.75) is 25.7 Å². The fourth-order valence-electron chi connectivity index (χ4n) is 2.63. The number of benzene rings is 1. The first-order valence-electron chi connectivity index (χ1n) is 8.05. The van der Waals surface area contributed by atoms with Crippen molar-refractivity contribution in [3.8, 4) is 0 Å². The standard InChI is InChI=1S/C18H20N4O3/c19-9-13-1-3-14(4-2-13)10-21-17(23)16-12-25-18(24)22(16)11-15-5-7-20-8-6-15/h1-8,16H,9-12,19H2,(H,21,23)/t16-/m0/s1. The Labute approximate surface area is 145 Å². The lowest BCUT2D eigenvalue weighted by molar-refractivity contribution is -0.125. The highest BCUT2D eigenvalue weighted by atomic mass is 16.6. The second-order valence-electron chi connectivity index (χ2n) is 5.81. The Balaban J connectivity index is 1.60. The van der Waals surface area contributed by atoms with E-state index >= 15 is 0 Å². The Bertz CT molecular complexity index is 734. The van der Waals surface area contributed by atoms with Crippen LogP contribution in [0.25, 0.3) is 0 Å². The molecule has 25 heavy (non-hydrogen) atoms. The van der Waals surface area contributed by atoms with Gasteiger partial charge in [0, 0.05) is 25.5 Å². The largest absolute Gasteiger partial charge is 0.447 e. The zero-order valence-corrected chi connectivity index (χ0v) is 13.7. The zero-order valence-electron chi connectivity index (χ0n) is 13.7. The average Bonchev–Trinajstić information content (AvgIpc) is 3.01.